The Morgan fingerprint density at radius 3 is 2.33 bits per heavy atom. The highest BCUT2D eigenvalue weighted by molar-refractivity contribution is 4.70. The summed E-state index contributed by atoms with van der Waals surface area (Å²) in [4.78, 5) is 0. The number of aliphatic hydroxyl groups is 3. The first kappa shape index (κ1) is 6.95. The highest BCUT2D eigenvalue weighted by atomic mass is 16.6. The van der Waals surface area contributed by atoms with Gasteiger partial charge >= 0.3 is 0 Å². The molecule has 0 bridgehead atoms. The van der Waals surface area contributed by atoms with Gasteiger partial charge in [-0.2, -0.15) is 0 Å². The van der Waals surface area contributed by atoms with Crippen molar-refractivity contribution in [3.8, 4) is 0 Å². The lowest BCUT2D eigenvalue weighted by atomic mass is 10.1. The van der Waals surface area contributed by atoms with Crippen molar-refractivity contribution >= 4 is 0 Å². The van der Waals surface area contributed by atoms with Crippen molar-refractivity contribution in [2.45, 2.75) is 24.9 Å². The van der Waals surface area contributed by atoms with Crippen molar-refractivity contribution in [3.63, 3.8) is 0 Å². The molecule has 1 aliphatic rings. The van der Waals surface area contributed by atoms with Gasteiger partial charge in [0.05, 0.1) is 12.7 Å². The molecule has 0 aromatic carbocycles. The fourth-order valence-corrected chi connectivity index (χ4v) is 0.784. The first-order valence-corrected chi connectivity index (χ1v) is 2.86. The van der Waals surface area contributed by atoms with Gasteiger partial charge in [-0.05, 0) is 0 Å². The second kappa shape index (κ2) is 2.62. The Bertz CT molecular complexity index is 95.0. The molecule has 0 radical (unpaired) electrons. The van der Waals surface area contributed by atoms with Crippen molar-refractivity contribution in [2.24, 2.45) is 0 Å². The molecule has 0 amide bonds. The molecule has 0 aromatic heterocycles. The monoisotopic (exact) mass is 134 g/mol. The molecule has 3 atom stereocenters. The highest BCUT2D eigenvalue weighted by Crippen LogP contribution is 2.11. The molecule has 1 rings (SSSR count). The van der Waals surface area contributed by atoms with Crippen LogP contribution in [0.25, 0.3) is 0 Å². The second-order valence-electron chi connectivity index (χ2n) is 2.18. The Hall–Kier alpha value is -0.160. The lowest BCUT2D eigenvalue weighted by Crippen LogP contribution is -2.40. The zero-order valence-electron chi connectivity index (χ0n) is 4.90. The van der Waals surface area contributed by atoms with Crippen LogP contribution in [0.5, 0.6) is 0 Å². The molecule has 0 aliphatic carbocycles. The summed E-state index contributed by atoms with van der Waals surface area (Å²) in [5, 5.41) is 26.3. The average Bonchev–Trinajstić information content (AvgIpc) is 1.80. The predicted octanol–water partition coefficient (Wildman–Crippen LogP) is -1.55. The van der Waals surface area contributed by atoms with Crippen LogP contribution in [0.3, 0.4) is 0 Å². The lowest BCUT2D eigenvalue weighted by molar-refractivity contribution is -0.211. The van der Waals surface area contributed by atoms with Gasteiger partial charge in [-0.1, -0.05) is 0 Å². The van der Waals surface area contributed by atoms with E-state index in [9.17, 15) is 0 Å². The molecular formula is C5H10O4. The molecule has 4 heteroatoms. The third-order valence-electron chi connectivity index (χ3n) is 1.30. The minimum absolute atomic E-state index is 0.109. The highest BCUT2D eigenvalue weighted by Gasteiger charge is 2.26. The van der Waals surface area contributed by atoms with E-state index in [1.165, 1.54) is 0 Å². The van der Waals surface area contributed by atoms with Gasteiger partial charge in [0, 0.05) is 6.42 Å². The quantitative estimate of drug-likeness (QED) is 0.375. The molecule has 1 aliphatic heterocycles. The van der Waals surface area contributed by atoms with Crippen molar-refractivity contribution in [1.82, 2.24) is 0 Å². The summed E-state index contributed by atoms with van der Waals surface area (Å²) in [7, 11) is 0. The van der Waals surface area contributed by atoms with Crippen molar-refractivity contribution in [3.05, 3.63) is 0 Å². The summed E-state index contributed by atoms with van der Waals surface area (Å²) in [6.07, 6.45) is -2.49. The first-order valence-electron chi connectivity index (χ1n) is 2.86. The number of hydrogen-bond acceptors (Lipinski definition) is 4. The molecule has 1 heterocycles. The minimum Gasteiger partial charge on any atom is -0.391 e. The minimum atomic E-state index is -1.12. The molecular weight excluding hydrogens is 124 g/mol. The van der Waals surface area contributed by atoms with Gasteiger partial charge in [0.2, 0.25) is 0 Å². The standard InChI is InChI=1S/C5H10O4/c6-3-1-4(7)5(8)9-2-3/h3-8H,1-2H2/t3-,4-,5+/m1/s1. The maximum absolute atomic E-state index is 8.81. The smallest absolute Gasteiger partial charge is 0.181 e. The summed E-state index contributed by atoms with van der Waals surface area (Å²) in [6.45, 7) is 0.109. The SMILES string of the molecule is O[C@H]1CO[C@H](O)[C@H](O)C1. The van der Waals surface area contributed by atoms with Gasteiger partial charge in [0.1, 0.15) is 6.10 Å². The van der Waals surface area contributed by atoms with E-state index < -0.39 is 18.5 Å². The Morgan fingerprint density at radius 1 is 1.22 bits per heavy atom. The summed E-state index contributed by atoms with van der Waals surface area (Å²) in [5.74, 6) is 0. The van der Waals surface area contributed by atoms with Crippen LogP contribution < -0.4 is 0 Å². The Kier molecular flexibility index (Phi) is 2.02. The maximum atomic E-state index is 8.81. The molecule has 1 fully saturated rings. The third kappa shape index (κ3) is 1.62. The van der Waals surface area contributed by atoms with E-state index in [0.717, 1.165) is 0 Å². The van der Waals surface area contributed by atoms with Crippen LogP contribution in [-0.4, -0.2) is 40.4 Å². The number of rotatable bonds is 0. The molecule has 0 unspecified atom stereocenters. The van der Waals surface area contributed by atoms with Crippen LogP contribution in [0.2, 0.25) is 0 Å². The van der Waals surface area contributed by atoms with Gasteiger partial charge in [-0.25, -0.2) is 0 Å². The van der Waals surface area contributed by atoms with Crippen LogP contribution in [-0.2, 0) is 4.74 Å². The summed E-state index contributed by atoms with van der Waals surface area (Å²) < 4.78 is 4.56. The van der Waals surface area contributed by atoms with Crippen LogP contribution in [0, 0.1) is 0 Å². The Labute approximate surface area is 52.7 Å². The van der Waals surface area contributed by atoms with E-state index in [1.807, 2.05) is 0 Å². The predicted molar refractivity (Wildman–Crippen MR) is 28.6 cm³/mol. The zero-order chi connectivity index (χ0) is 6.85. The van der Waals surface area contributed by atoms with E-state index in [-0.39, 0.29) is 13.0 Å². The Morgan fingerprint density at radius 2 is 1.89 bits per heavy atom. The molecule has 54 valence electrons. The van der Waals surface area contributed by atoms with E-state index in [4.69, 9.17) is 15.3 Å². The van der Waals surface area contributed by atoms with E-state index >= 15 is 0 Å². The third-order valence-corrected chi connectivity index (χ3v) is 1.30. The summed E-state index contributed by atoms with van der Waals surface area (Å²) in [6, 6.07) is 0. The van der Waals surface area contributed by atoms with Crippen molar-refractivity contribution in [1.29, 1.82) is 0 Å². The fourth-order valence-electron chi connectivity index (χ4n) is 0.784. The maximum Gasteiger partial charge on any atom is 0.181 e. The molecule has 4 nitrogen and oxygen atoms in total. The molecule has 0 aromatic rings. The van der Waals surface area contributed by atoms with E-state index in [1.54, 1.807) is 0 Å². The molecule has 9 heavy (non-hydrogen) atoms. The van der Waals surface area contributed by atoms with Gasteiger partial charge in [0.25, 0.3) is 0 Å². The van der Waals surface area contributed by atoms with Gasteiger partial charge < -0.3 is 20.1 Å². The summed E-state index contributed by atoms with van der Waals surface area (Å²) in [5.41, 5.74) is 0. The van der Waals surface area contributed by atoms with E-state index in [0.29, 0.717) is 0 Å². The average molecular weight is 134 g/mol. The molecule has 0 spiro atoms. The number of hydrogen-bond donors (Lipinski definition) is 3. The Balaban J connectivity index is 2.35. The van der Waals surface area contributed by atoms with Crippen LogP contribution >= 0.6 is 0 Å². The van der Waals surface area contributed by atoms with Gasteiger partial charge in [-0.15, -0.1) is 0 Å². The lowest BCUT2D eigenvalue weighted by Gasteiger charge is -2.26. The molecule has 1 saturated heterocycles. The second-order valence-corrected chi connectivity index (χ2v) is 2.18. The van der Waals surface area contributed by atoms with Gasteiger partial charge in [0.15, 0.2) is 6.29 Å². The number of ether oxygens (including phenoxy) is 1. The van der Waals surface area contributed by atoms with Gasteiger partial charge in [-0.3, -0.25) is 0 Å². The van der Waals surface area contributed by atoms with Crippen LogP contribution in [0.4, 0.5) is 0 Å². The fraction of sp³-hybridized carbons (Fsp3) is 1.00. The van der Waals surface area contributed by atoms with Crippen molar-refractivity contribution < 1.29 is 20.1 Å². The molecule has 3 N–H and O–H groups in total. The number of aliphatic hydroxyl groups excluding tert-OH is 3. The topological polar surface area (TPSA) is 69.9 Å². The summed E-state index contributed by atoms with van der Waals surface area (Å²) >= 11 is 0. The van der Waals surface area contributed by atoms with Crippen molar-refractivity contribution in [2.75, 3.05) is 6.61 Å². The largest absolute Gasteiger partial charge is 0.391 e. The molecule has 0 saturated carbocycles. The first-order chi connectivity index (χ1) is 4.20. The normalized spacial score (nSPS) is 45.0. The van der Waals surface area contributed by atoms with Crippen LogP contribution in [0.15, 0.2) is 0 Å². The van der Waals surface area contributed by atoms with Crippen LogP contribution in [0.1, 0.15) is 6.42 Å². The zero-order valence-corrected chi connectivity index (χ0v) is 4.90. The van der Waals surface area contributed by atoms with E-state index in [2.05, 4.69) is 4.74 Å².